The summed E-state index contributed by atoms with van der Waals surface area (Å²) in [6.07, 6.45) is 3.58. The van der Waals surface area contributed by atoms with Crippen LogP contribution in [0.1, 0.15) is 31.7 Å². The number of rotatable bonds is 9. The number of benzene rings is 2. The van der Waals surface area contributed by atoms with E-state index in [1.54, 1.807) is 0 Å². The van der Waals surface area contributed by atoms with Crippen LogP contribution in [0, 0.1) is 0 Å². The molecular formula is C18H24N2O. The second-order valence-electron chi connectivity index (χ2n) is 5.04. The van der Waals surface area contributed by atoms with Crippen LogP contribution < -0.4 is 15.6 Å². The maximum absolute atomic E-state index is 5.70. The fourth-order valence-electron chi connectivity index (χ4n) is 2.02. The number of anilines is 1. The third kappa shape index (κ3) is 5.88. The molecule has 0 bridgehead atoms. The second-order valence-corrected chi connectivity index (χ2v) is 5.04. The molecule has 21 heavy (non-hydrogen) atoms. The van der Waals surface area contributed by atoms with Crippen LogP contribution in [-0.2, 0) is 6.54 Å². The Balaban J connectivity index is 1.69. The average Bonchev–Trinajstić information content (AvgIpc) is 2.54. The Kier molecular flexibility index (Phi) is 6.62. The molecule has 0 spiro atoms. The molecule has 0 saturated heterocycles. The summed E-state index contributed by atoms with van der Waals surface area (Å²) in [5, 5.41) is 0. The molecule has 0 fully saturated rings. The van der Waals surface area contributed by atoms with Crippen molar-refractivity contribution in [2.75, 3.05) is 12.0 Å². The smallest absolute Gasteiger partial charge is 0.119 e. The standard InChI is InChI=1S/C18H24N2O/c1-2-3-7-14-21-18-12-10-16(11-13-18)15-19-20-17-8-5-4-6-9-17/h4-6,8-13,19-20H,2-3,7,14-15H2,1H3. The predicted molar refractivity (Wildman–Crippen MR) is 88.4 cm³/mol. The SMILES string of the molecule is CCCCCOc1ccc(CNNc2ccccc2)cc1. The van der Waals surface area contributed by atoms with Gasteiger partial charge in [-0.25, -0.2) is 5.43 Å². The highest BCUT2D eigenvalue weighted by atomic mass is 16.5. The van der Waals surface area contributed by atoms with Gasteiger partial charge in [0.05, 0.1) is 6.61 Å². The molecule has 0 aromatic heterocycles. The Hall–Kier alpha value is -2.00. The van der Waals surface area contributed by atoms with Gasteiger partial charge in [0.1, 0.15) is 5.75 Å². The van der Waals surface area contributed by atoms with Crippen LogP contribution in [0.3, 0.4) is 0 Å². The first-order valence-electron chi connectivity index (χ1n) is 7.64. The van der Waals surface area contributed by atoms with Crippen molar-refractivity contribution in [1.82, 2.24) is 5.43 Å². The normalized spacial score (nSPS) is 10.3. The van der Waals surface area contributed by atoms with Crippen molar-refractivity contribution in [1.29, 1.82) is 0 Å². The minimum Gasteiger partial charge on any atom is -0.494 e. The third-order valence-corrected chi connectivity index (χ3v) is 3.24. The third-order valence-electron chi connectivity index (χ3n) is 3.24. The van der Waals surface area contributed by atoms with Crippen molar-refractivity contribution in [2.24, 2.45) is 0 Å². The lowest BCUT2D eigenvalue weighted by Gasteiger charge is -2.09. The molecule has 0 amide bonds. The average molecular weight is 284 g/mol. The van der Waals surface area contributed by atoms with Gasteiger partial charge in [0.25, 0.3) is 0 Å². The van der Waals surface area contributed by atoms with Gasteiger partial charge in [-0.1, -0.05) is 50.1 Å². The van der Waals surface area contributed by atoms with Crippen molar-refractivity contribution in [3.05, 3.63) is 60.2 Å². The lowest BCUT2D eigenvalue weighted by atomic mass is 10.2. The lowest BCUT2D eigenvalue weighted by molar-refractivity contribution is 0.306. The first kappa shape index (κ1) is 15.4. The zero-order chi connectivity index (χ0) is 14.8. The molecule has 0 unspecified atom stereocenters. The van der Waals surface area contributed by atoms with Crippen LogP contribution in [0.4, 0.5) is 5.69 Å². The van der Waals surface area contributed by atoms with Crippen molar-refractivity contribution in [2.45, 2.75) is 32.7 Å². The molecule has 0 aliphatic carbocycles. The first-order valence-corrected chi connectivity index (χ1v) is 7.64. The maximum Gasteiger partial charge on any atom is 0.119 e. The van der Waals surface area contributed by atoms with Crippen LogP contribution in [0.5, 0.6) is 5.75 Å². The fraction of sp³-hybridized carbons (Fsp3) is 0.333. The van der Waals surface area contributed by atoms with E-state index in [4.69, 9.17) is 4.74 Å². The van der Waals surface area contributed by atoms with Crippen LogP contribution in [-0.4, -0.2) is 6.61 Å². The van der Waals surface area contributed by atoms with Gasteiger partial charge in [-0.2, -0.15) is 0 Å². The summed E-state index contributed by atoms with van der Waals surface area (Å²) in [6, 6.07) is 18.3. The molecule has 0 aliphatic rings. The number of hydrogen-bond donors (Lipinski definition) is 2. The largest absolute Gasteiger partial charge is 0.494 e. The molecular weight excluding hydrogens is 260 g/mol. The van der Waals surface area contributed by atoms with Crippen molar-refractivity contribution < 1.29 is 4.74 Å². The predicted octanol–water partition coefficient (Wildman–Crippen LogP) is 4.37. The molecule has 112 valence electrons. The highest BCUT2D eigenvalue weighted by Crippen LogP contribution is 2.13. The molecule has 2 aromatic rings. The Bertz CT molecular complexity index is 496. The monoisotopic (exact) mass is 284 g/mol. The molecule has 3 heteroatoms. The first-order chi connectivity index (χ1) is 10.4. The minimum absolute atomic E-state index is 0.769. The van der Waals surface area contributed by atoms with Gasteiger partial charge in [0.15, 0.2) is 0 Å². The van der Waals surface area contributed by atoms with Gasteiger partial charge in [-0.15, -0.1) is 0 Å². The number of para-hydroxylation sites is 1. The van der Waals surface area contributed by atoms with Gasteiger partial charge in [-0.05, 0) is 36.2 Å². The number of ether oxygens (including phenoxy) is 1. The molecule has 3 nitrogen and oxygen atoms in total. The van der Waals surface area contributed by atoms with E-state index >= 15 is 0 Å². The van der Waals surface area contributed by atoms with Crippen LogP contribution in [0.15, 0.2) is 54.6 Å². The van der Waals surface area contributed by atoms with E-state index < -0.39 is 0 Å². The van der Waals surface area contributed by atoms with E-state index in [0.29, 0.717) is 0 Å². The summed E-state index contributed by atoms with van der Waals surface area (Å²) in [5.41, 5.74) is 8.67. The Morgan fingerprint density at radius 1 is 0.905 bits per heavy atom. The molecule has 0 heterocycles. The summed E-state index contributed by atoms with van der Waals surface area (Å²) in [5.74, 6) is 0.950. The van der Waals surface area contributed by atoms with E-state index in [-0.39, 0.29) is 0 Å². The lowest BCUT2D eigenvalue weighted by Crippen LogP contribution is -2.20. The van der Waals surface area contributed by atoms with Crippen LogP contribution in [0.25, 0.3) is 0 Å². The molecule has 0 atom stereocenters. The molecule has 0 radical (unpaired) electrons. The van der Waals surface area contributed by atoms with Crippen molar-refractivity contribution >= 4 is 5.69 Å². The minimum atomic E-state index is 0.769. The molecule has 2 rings (SSSR count). The number of nitrogens with one attached hydrogen (secondary N) is 2. The van der Waals surface area contributed by atoms with Gasteiger partial charge < -0.3 is 10.2 Å². The highest BCUT2D eigenvalue weighted by Gasteiger charge is 1.96. The summed E-state index contributed by atoms with van der Waals surface area (Å²) < 4.78 is 5.70. The zero-order valence-electron chi connectivity index (χ0n) is 12.6. The summed E-state index contributed by atoms with van der Waals surface area (Å²) >= 11 is 0. The molecule has 2 aromatic carbocycles. The number of hydrazine groups is 1. The second kappa shape index (κ2) is 9.03. The van der Waals surface area contributed by atoms with E-state index in [1.807, 2.05) is 42.5 Å². The van der Waals surface area contributed by atoms with Crippen molar-refractivity contribution in [3.63, 3.8) is 0 Å². The summed E-state index contributed by atoms with van der Waals surface area (Å²) in [7, 11) is 0. The molecule has 0 saturated carbocycles. The van der Waals surface area contributed by atoms with Crippen LogP contribution >= 0.6 is 0 Å². The van der Waals surface area contributed by atoms with Crippen LogP contribution in [0.2, 0.25) is 0 Å². The molecule has 0 aliphatic heterocycles. The molecule has 2 N–H and O–H groups in total. The van der Waals surface area contributed by atoms with Crippen molar-refractivity contribution in [3.8, 4) is 5.75 Å². The van der Waals surface area contributed by atoms with E-state index in [0.717, 1.165) is 31.0 Å². The van der Waals surface area contributed by atoms with E-state index in [9.17, 15) is 0 Å². The topological polar surface area (TPSA) is 33.3 Å². The Labute approximate surface area is 127 Å². The summed E-state index contributed by atoms with van der Waals surface area (Å²) in [4.78, 5) is 0. The van der Waals surface area contributed by atoms with E-state index in [1.165, 1.54) is 18.4 Å². The fourth-order valence-corrected chi connectivity index (χ4v) is 2.02. The number of unbranched alkanes of at least 4 members (excludes halogenated alkanes) is 2. The van der Waals surface area contributed by atoms with E-state index in [2.05, 4.69) is 29.9 Å². The highest BCUT2D eigenvalue weighted by molar-refractivity contribution is 5.41. The van der Waals surface area contributed by atoms with Gasteiger partial charge in [-0.3, -0.25) is 0 Å². The summed E-state index contributed by atoms with van der Waals surface area (Å²) in [6.45, 7) is 3.78. The quantitative estimate of drug-likeness (QED) is 0.530. The Morgan fingerprint density at radius 3 is 2.38 bits per heavy atom. The maximum atomic E-state index is 5.70. The zero-order valence-corrected chi connectivity index (χ0v) is 12.6. The van der Waals surface area contributed by atoms with Gasteiger partial charge in [0, 0.05) is 12.2 Å². The van der Waals surface area contributed by atoms with Gasteiger partial charge >= 0.3 is 0 Å². The Morgan fingerprint density at radius 2 is 1.67 bits per heavy atom. The number of hydrogen-bond acceptors (Lipinski definition) is 3. The van der Waals surface area contributed by atoms with Gasteiger partial charge in [0.2, 0.25) is 0 Å².